The van der Waals surface area contributed by atoms with Crippen LogP contribution in [-0.4, -0.2) is 21.5 Å². The van der Waals surface area contributed by atoms with E-state index in [1.165, 1.54) is 16.0 Å². The van der Waals surface area contributed by atoms with Gasteiger partial charge in [-0.15, -0.1) is 11.3 Å². The van der Waals surface area contributed by atoms with E-state index in [0.29, 0.717) is 6.54 Å². The van der Waals surface area contributed by atoms with Crippen LogP contribution in [0.4, 0.5) is 0 Å². The van der Waals surface area contributed by atoms with E-state index in [-0.39, 0.29) is 12.2 Å². The summed E-state index contributed by atoms with van der Waals surface area (Å²) < 4.78 is 1.42. The first-order valence-electron chi connectivity index (χ1n) is 5.40. The molecule has 2 rings (SSSR count). The second kappa shape index (κ2) is 5.63. The largest absolute Gasteiger partial charge is 0.384 e. The first-order valence-corrected chi connectivity index (χ1v) is 6.28. The van der Waals surface area contributed by atoms with Crippen LogP contribution in [0.2, 0.25) is 0 Å². The van der Waals surface area contributed by atoms with Crippen LogP contribution in [0.5, 0.6) is 0 Å². The van der Waals surface area contributed by atoms with E-state index in [4.69, 9.17) is 5.11 Å². The molecule has 0 spiro atoms. The van der Waals surface area contributed by atoms with Crippen molar-refractivity contribution in [1.82, 2.24) is 9.78 Å². The van der Waals surface area contributed by atoms with Gasteiger partial charge in [-0.05, 0) is 18.6 Å². The molecule has 18 heavy (non-hydrogen) atoms. The van der Waals surface area contributed by atoms with Crippen molar-refractivity contribution >= 4 is 11.3 Å². The van der Waals surface area contributed by atoms with Gasteiger partial charge in [0.25, 0.3) is 5.56 Å². The number of rotatable bonds is 2. The molecule has 0 amide bonds. The lowest BCUT2D eigenvalue weighted by molar-refractivity contribution is 0.350. The Labute approximate surface area is 109 Å². The average Bonchev–Trinajstić information content (AvgIpc) is 2.78. The minimum Gasteiger partial charge on any atom is -0.384 e. The van der Waals surface area contributed by atoms with Crippen molar-refractivity contribution in [2.24, 2.45) is 0 Å². The van der Waals surface area contributed by atoms with E-state index >= 15 is 0 Å². The molecule has 5 heteroatoms. The number of nitrogens with zero attached hydrogens (tertiary/aromatic N) is 2. The van der Waals surface area contributed by atoms with Gasteiger partial charge < -0.3 is 5.11 Å². The second-order valence-electron chi connectivity index (χ2n) is 3.79. The van der Waals surface area contributed by atoms with E-state index in [0.717, 1.165) is 16.0 Å². The zero-order valence-corrected chi connectivity index (χ0v) is 10.7. The van der Waals surface area contributed by atoms with Gasteiger partial charge in [0.2, 0.25) is 0 Å². The molecule has 4 nitrogen and oxygen atoms in total. The molecule has 2 aromatic heterocycles. The summed E-state index contributed by atoms with van der Waals surface area (Å²) >= 11 is 1.52. The van der Waals surface area contributed by atoms with Crippen LogP contribution in [0.25, 0.3) is 0 Å². The zero-order chi connectivity index (χ0) is 13.0. The fourth-order valence-corrected chi connectivity index (χ4v) is 2.26. The first-order chi connectivity index (χ1) is 8.69. The molecule has 1 N–H and O–H groups in total. The lowest BCUT2D eigenvalue weighted by Crippen LogP contribution is -2.22. The fourth-order valence-electron chi connectivity index (χ4n) is 1.46. The van der Waals surface area contributed by atoms with Crippen LogP contribution in [0.3, 0.4) is 0 Å². The maximum atomic E-state index is 11.7. The second-order valence-corrected chi connectivity index (χ2v) is 4.79. The predicted octanol–water partition coefficient (Wildman–Crippen LogP) is 1.01. The average molecular weight is 260 g/mol. The van der Waals surface area contributed by atoms with E-state index in [1.807, 2.05) is 18.4 Å². The van der Waals surface area contributed by atoms with Crippen molar-refractivity contribution in [3.05, 3.63) is 50.1 Å². The zero-order valence-electron chi connectivity index (χ0n) is 9.88. The number of hydrogen-bond acceptors (Lipinski definition) is 4. The minimum atomic E-state index is -0.149. The van der Waals surface area contributed by atoms with E-state index in [2.05, 4.69) is 16.9 Å². The summed E-state index contributed by atoms with van der Waals surface area (Å²) in [5, 5.41) is 14.6. The van der Waals surface area contributed by atoms with Crippen LogP contribution >= 0.6 is 11.3 Å². The molecule has 2 aromatic rings. The molecular weight excluding hydrogens is 248 g/mol. The highest BCUT2D eigenvalue weighted by Crippen LogP contribution is 2.14. The molecule has 0 unspecified atom stereocenters. The number of thiophene rings is 1. The van der Waals surface area contributed by atoms with Gasteiger partial charge in [-0.25, -0.2) is 4.68 Å². The van der Waals surface area contributed by atoms with E-state index < -0.39 is 0 Å². The van der Waals surface area contributed by atoms with Gasteiger partial charge in [0.05, 0.1) is 12.7 Å². The van der Waals surface area contributed by atoms with Gasteiger partial charge >= 0.3 is 0 Å². The third kappa shape index (κ3) is 3.06. The van der Waals surface area contributed by atoms with Gasteiger partial charge in [-0.2, -0.15) is 5.10 Å². The normalized spacial score (nSPS) is 9.89. The van der Waals surface area contributed by atoms with Crippen molar-refractivity contribution in [3.63, 3.8) is 0 Å². The fraction of sp³-hybridized carbons (Fsp3) is 0.231. The number of aromatic nitrogens is 2. The van der Waals surface area contributed by atoms with Crippen LogP contribution in [0.15, 0.2) is 28.5 Å². The summed E-state index contributed by atoms with van der Waals surface area (Å²) in [6, 6.07) is 3.47. The molecule has 0 saturated heterocycles. The number of hydrogen-bond donors (Lipinski definition) is 1. The summed E-state index contributed by atoms with van der Waals surface area (Å²) in [5.41, 5.74) is 1.60. The lowest BCUT2D eigenvalue weighted by atomic mass is 10.3. The van der Waals surface area contributed by atoms with Gasteiger partial charge in [0.1, 0.15) is 6.61 Å². The minimum absolute atomic E-state index is 0.105. The van der Waals surface area contributed by atoms with Gasteiger partial charge in [0, 0.05) is 21.9 Å². The molecule has 0 aromatic carbocycles. The van der Waals surface area contributed by atoms with Gasteiger partial charge in [-0.3, -0.25) is 4.79 Å². The summed E-state index contributed by atoms with van der Waals surface area (Å²) in [6.07, 6.45) is 1.67. The molecule has 2 heterocycles. The first kappa shape index (κ1) is 12.6. The molecular formula is C13H12N2O2S. The molecule has 0 saturated carbocycles. The Morgan fingerprint density at radius 2 is 2.33 bits per heavy atom. The Balaban J connectivity index is 2.19. The highest BCUT2D eigenvalue weighted by atomic mass is 32.1. The Bertz CT molecular complexity index is 661. The predicted molar refractivity (Wildman–Crippen MR) is 70.6 cm³/mol. The van der Waals surface area contributed by atoms with Crippen LogP contribution in [-0.2, 0) is 6.54 Å². The Hall–Kier alpha value is -1.90. The summed E-state index contributed by atoms with van der Waals surface area (Å²) in [4.78, 5) is 12.7. The highest BCUT2D eigenvalue weighted by molar-refractivity contribution is 7.10. The van der Waals surface area contributed by atoms with Crippen molar-refractivity contribution in [2.45, 2.75) is 13.5 Å². The maximum absolute atomic E-state index is 11.7. The maximum Gasteiger partial charge on any atom is 0.267 e. The summed E-state index contributed by atoms with van der Waals surface area (Å²) in [5.74, 6) is 5.42. The molecule has 92 valence electrons. The molecule has 0 aliphatic heterocycles. The molecule has 0 radical (unpaired) electrons. The third-order valence-electron chi connectivity index (χ3n) is 2.28. The standard InChI is InChI=1S/C13H12N2O2S/c1-10-5-13(17)15(14-7-10)8-12-6-11(9-18-12)3-2-4-16/h5-7,9,16H,4,8H2,1H3. The Morgan fingerprint density at radius 3 is 3.06 bits per heavy atom. The quantitative estimate of drug-likeness (QED) is 0.820. The topological polar surface area (TPSA) is 55.1 Å². The third-order valence-corrected chi connectivity index (χ3v) is 3.20. The monoisotopic (exact) mass is 260 g/mol. The van der Waals surface area contributed by atoms with E-state index in [9.17, 15) is 4.79 Å². The number of aliphatic hydroxyl groups excluding tert-OH is 1. The number of aryl methyl sites for hydroxylation is 1. The van der Waals surface area contributed by atoms with Crippen molar-refractivity contribution < 1.29 is 5.11 Å². The summed E-state index contributed by atoms with van der Waals surface area (Å²) in [7, 11) is 0. The van der Waals surface area contributed by atoms with E-state index in [1.54, 1.807) is 12.3 Å². The van der Waals surface area contributed by atoms with Crippen LogP contribution in [0, 0.1) is 18.8 Å². The molecule has 0 bridgehead atoms. The van der Waals surface area contributed by atoms with Crippen LogP contribution in [0.1, 0.15) is 16.0 Å². The molecule has 0 fully saturated rings. The van der Waals surface area contributed by atoms with Crippen molar-refractivity contribution in [2.75, 3.05) is 6.61 Å². The molecule has 0 aliphatic carbocycles. The van der Waals surface area contributed by atoms with Crippen molar-refractivity contribution in [3.8, 4) is 11.8 Å². The van der Waals surface area contributed by atoms with Gasteiger partial charge in [-0.1, -0.05) is 11.8 Å². The highest BCUT2D eigenvalue weighted by Gasteiger charge is 2.02. The van der Waals surface area contributed by atoms with Gasteiger partial charge in [0.15, 0.2) is 0 Å². The van der Waals surface area contributed by atoms with Crippen molar-refractivity contribution in [1.29, 1.82) is 0 Å². The Morgan fingerprint density at radius 1 is 1.50 bits per heavy atom. The lowest BCUT2D eigenvalue weighted by Gasteiger charge is -2.01. The van der Waals surface area contributed by atoms with Crippen LogP contribution < -0.4 is 5.56 Å². The number of aliphatic hydroxyl groups is 1. The molecule has 0 atom stereocenters. The summed E-state index contributed by atoms with van der Waals surface area (Å²) in [6.45, 7) is 2.14. The smallest absolute Gasteiger partial charge is 0.267 e. The Kier molecular flexibility index (Phi) is 3.92. The molecule has 0 aliphatic rings. The SMILES string of the molecule is Cc1cnn(Cc2cc(C#CCO)cs2)c(=O)c1.